The zero-order chi connectivity index (χ0) is 31.3. The van der Waals surface area contributed by atoms with Gasteiger partial charge in [0.15, 0.2) is 0 Å². The third-order valence-electron chi connectivity index (χ3n) is 6.81. The first-order valence-corrected chi connectivity index (χ1v) is 14.6. The average Bonchev–Trinajstić information content (AvgIpc) is 3.61. The van der Waals surface area contributed by atoms with E-state index in [4.69, 9.17) is 28.4 Å². The summed E-state index contributed by atoms with van der Waals surface area (Å²) in [6, 6.07) is 11.0. The first kappa shape index (κ1) is 32.8. The van der Waals surface area contributed by atoms with Crippen LogP contribution in [0.4, 0.5) is 9.59 Å². The maximum atomic E-state index is 12.3. The number of aromatic amines is 2. The van der Waals surface area contributed by atoms with Crippen molar-refractivity contribution in [3.63, 3.8) is 0 Å². The third-order valence-corrected chi connectivity index (χ3v) is 6.81. The molecule has 12 nitrogen and oxygen atoms in total. The molecule has 0 aliphatic heterocycles. The van der Waals surface area contributed by atoms with Gasteiger partial charge >= 0.3 is 12.3 Å². The lowest BCUT2D eigenvalue weighted by Crippen LogP contribution is -2.17. The van der Waals surface area contributed by atoms with Crippen molar-refractivity contribution < 1.29 is 38.0 Å². The van der Waals surface area contributed by atoms with E-state index in [0.717, 1.165) is 58.9 Å². The number of fused-ring (bicyclic) bond motifs is 2. The molecule has 0 aliphatic carbocycles. The Kier molecular flexibility index (Phi) is 12.4. The maximum absolute atomic E-state index is 12.3. The van der Waals surface area contributed by atoms with E-state index in [0.29, 0.717) is 11.5 Å². The quantitative estimate of drug-likeness (QED) is 0.0993. The van der Waals surface area contributed by atoms with Crippen molar-refractivity contribution in [3.8, 4) is 11.5 Å². The van der Waals surface area contributed by atoms with E-state index in [1.54, 1.807) is 12.1 Å². The molecule has 2 aromatic heterocycles. The Morgan fingerprint density at radius 1 is 0.614 bits per heavy atom. The van der Waals surface area contributed by atoms with E-state index in [9.17, 15) is 9.59 Å². The van der Waals surface area contributed by atoms with Gasteiger partial charge in [0.2, 0.25) is 0 Å². The average molecular weight is 611 g/mol. The Labute approximate surface area is 257 Å². The molecule has 0 amide bonds. The van der Waals surface area contributed by atoms with Crippen molar-refractivity contribution in [1.82, 2.24) is 19.8 Å². The van der Waals surface area contributed by atoms with Crippen LogP contribution in [0.2, 0.25) is 0 Å². The molecule has 238 valence electrons. The summed E-state index contributed by atoms with van der Waals surface area (Å²) in [6.07, 6.45) is 3.93. The van der Waals surface area contributed by atoms with Gasteiger partial charge in [-0.3, -0.25) is 0 Å². The molecular formula is C32H42N4O8. The smallest absolute Gasteiger partial charge is 0.432 e. The molecule has 0 spiro atoms. The fourth-order valence-electron chi connectivity index (χ4n) is 4.62. The van der Waals surface area contributed by atoms with Crippen LogP contribution in [0.25, 0.3) is 21.8 Å². The van der Waals surface area contributed by atoms with Gasteiger partial charge in [0.25, 0.3) is 0 Å². The van der Waals surface area contributed by atoms with Gasteiger partial charge in [-0.1, -0.05) is 12.1 Å². The zero-order valence-electron chi connectivity index (χ0n) is 25.9. The predicted octanol–water partition coefficient (Wildman–Crippen LogP) is 4.62. The molecule has 0 radical (unpaired) electrons. The third kappa shape index (κ3) is 9.71. The molecule has 0 fully saturated rings. The molecule has 44 heavy (non-hydrogen) atoms. The van der Waals surface area contributed by atoms with Crippen LogP contribution in [0.1, 0.15) is 11.1 Å². The highest BCUT2D eigenvalue weighted by atomic mass is 16.7. The van der Waals surface area contributed by atoms with E-state index >= 15 is 0 Å². The Balaban J connectivity index is 1.07. The molecule has 4 aromatic rings. The van der Waals surface area contributed by atoms with Gasteiger partial charge in [-0.05, 0) is 76.4 Å². The van der Waals surface area contributed by atoms with Crippen molar-refractivity contribution >= 4 is 34.1 Å². The Morgan fingerprint density at radius 2 is 1.02 bits per heavy atom. The lowest BCUT2D eigenvalue weighted by atomic mass is 10.1. The van der Waals surface area contributed by atoms with Gasteiger partial charge in [-0.25, -0.2) is 9.59 Å². The van der Waals surface area contributed by atoms with E-state index < -0.39 is 12.3 Å². The summed E-state index contributed by atoms with van der Waals surface area (Å²) in [7, 11) is 8.06. The van der Waals surface area contributed by atoms with Gasteiger partial charge in [0.1, 0.15) is 24.7 Å². The molecule has 12 heteroatoms. The van der Waals surface area contributed by atoms with E-state index in [1.165, 1.54) is 0 Å². The van der Waals surface area contributed by atoms with Crippen LogP contribution in [-0.4, -0.2) is 113 Å². The minimum absolute atomic E-state index is 0.0368. The van der Waals surface area contributed by atoms with Crippen LogP contribution in [-0.2, 0) is 31.8 Å². The number of carbonyl (C=O) groups excluding carboxylic acids is 2. The number of ether oxygens (including phenoxy) is 6. The number of nitrogens with zero attached hydrogens (tertiary/aromatic N) is 2. The standard InChI is InChI=1S/C32H42N4O8/c1-35(2)13-11-23-21-33-25-7-5-9-27(29(23)25)43-31(37)41-19-17-39-15-16-40-18-20-42-32(38)44-28-10-6-8-26-30(28)24(22-34-26)12-14-36(3)4/h5-10,21-22,33-34H,11-20H2,1-4H3. The number of H-pyrrole nitrogens is 2. The van der Waals surface area contributed by atoms with Crippen molar-refractivity contribution in [2.24, 2.45) is 0 Å². The summed E-state index contributed by atoms with van der Waals surface area (Å²) < 4.78 is 32.2. The van der Waals surface area contributed by atoms with Crippen LogP contribution >= 0.6 is 0 Å². The van der Waals surface area contributed by atoms with Gasteiger partial charge in [0, 0.05) is 47.3 Å². The lowest BCUT2D eigenvalue weighted by molar-refractivity contribution is 0.00689. The maximum Gasteiger partial charge on any atom is 0.513 e. The second kappa shape index (κ2) is 16.7. The fraction of sp³-hybridized carbons (Fsp3) is 0.438. The molecule has 0 unspecified atom stereocenters. The lowest BCUT2D eigenvalue weighted by Gasteiger charge is -2.11. The van der Waals surface area contributed by atoms with E-state index in [1.807, 2.05) is 64.8 Å². The van der Waals surface area contributed by atoms with Crippen LogP contribution in [0, 0.1) is 0 Å². The molecule has 0 bridgehead atoms. The number of hydrogen-bond donors (Lipinski definition) is 2. The van der Waals surface area contributed by atoms with Gasteiger partial charge in [-0.15, -0.1) is 0 Å². The van der Waals surface area contributed by atoms with Crippen molar-refractivity contribution in [3.05, 3.63) is 59.9 Å². The number of rotatable bonds is 17. The van der Waals surface area contributed by atoms with E-state index in [-0.39, 0.29) is 39.6 Å². The van der Waals surface area contributed by atoms with Crippen LogP contribution in [0.5, 0.6) is 11.5 Å². The first-order chi connectivity index (χ1) is 21.3. The minimum Gasteiger partial charge on any atom is -0.432 e. The van der Waals surface area contributed by atoms with Crippen LogP contribution in [0.15, 0.2) is 48.8 Å². The highest BCUT2D eigenvalue weighted by molar-refractivity contribution is 5.91. The molecule has 0 aliphatic rings. The second-order valence-corrected chi connectivity index (χ2v) is 10.7. The van der Waals surface area contributed by atoms with Crippen molar-refractivity contribution in [1.29, 1.82) is 0 Å². The van der Waals surface area contributed by atoms with E-state index in [2.05, 4.69) is 19.8 Å². The number of carbonyl (C=O) groups is 2. The molecule has 0 atom stereocenters. The molecule has 0 saturated heterocycles. The first-order valence-electron chi connectivity index (χ1n) is 14.6. The number of hydrogen-bond acceptors (Lipinski definition) is 10. The Bertz CT molecular complexity index is 1380. The summed E-state index contributed by atoms with van der Waals surface area (Å²) in [5, 5.41) is 1.75. The number of likely N-dealkylation sites (N-methyl/N-ethyl adjacent to an activating group) is 2. The molecule has 2 N–H and O–H groups in total. The fourth-order valence-corrected chi connectivity index (χ4v) is 4.62. The summed E-state index contributed by atoms with van der Waals surface area (Å²) in [5.41, 5.74) is 3.94. The van der Waals surface area contributed by atoms with Crippen LogP contribution < -0.4 is 9.47 Å². The highest BCUT2D eigenvalue weighted by Gasteiger charge is 2.15. The summed E-state index contributed by atoms with van der Waals surface area (Å²) in [4.78, 5) is 35.2. The monoisotopic (exact) mass is 610 g/mol. The molecule has 4 rings (SSSR count). The summed E-state index contributed by atoms with van der Waals surface area (Å²) in [6.45, 7) is 2.76. The predicted molar refractivity (Wildman–Crippen MR) is 167 cm³/mol. The van der Waals surface area contributed by atoms with Gasteiger partial charge < -0.3 is 48.2 Å². The molecule has 0 saturated carbocycles. The topological polar surface area (TPSA) is 128 Å². The van der Waals surface area contributed by atoms with Gasteiger partial charge in [0.05, 0.1) is 26.4 Å². The molecule has 2 aromatic carbocycles. The van der Waals surface area contributed by atoms with Gasteiger partial charge in [-0.2, -0.15) is 0 Å². The zero-order valence-corrected chi connectivity index (χ0v) is 25.9. The number of benzene rings is 2. The van der Waals surface area contributed by atoms with Crippen molar-refractivity contribution in [2.45, 2.75) is 12.8 Å². The summed E-state index contributed by atoms with van der Waals surface area (Å²) >= 11 is 0. The SMILES string of the molecule is CN(C)CCc1c[nH]c2cccc(OC(=O)OCCOCCOCCOC(=O)Oc3cccc4[nH]cc(CCN(C)C)c34)c12. The molecular weight excluding hydrogens is 568 g/mol. The minimum atomic E-state index is -0.793. The second-order valence-electron chi connectivity index (χ2n) is 10.7. The molecule has 2 heterocycles. The Hall–Kier alpha value is -4.10. The Morgan fingerprint density at radius 3 is 1.43 bits per heavy atom. The van der Waals surface area contributed by atoms with Crippen molar-refractivity contribution in [2.75, 3.05) is 80.9 Å². The van der Waals surface area contributed by atoms with Crippen LogP contribution in [0.3, 0.4) is 0 Å². The largest absolute Gasteiger partial charge is 0.513 e. The number of aromatic nitrogens is 2. The normalized spacial score (nSPS) is 11.5. The summed E-state index contributed by atoms with van der Waals surface area (Å²) in [5.74, 6) is 0.906. The highest BCUT2D eigenvalue weighted by Crippen LogP contribution is 2.30. The number of nitrogens with one attached hydrogen (secondary N) is 2.